The Morgan fingerprint density at radius 2 is 0.833 bits per heavy atom. The van der Waals surface area contributed by atoms with Crippen LogP contribution in [-0.2, 0) is 0 Å². The van der Waals surface area contributed by atoms with Gasteiger partial charge in [-0.25, -0.2) is 0 Å². The molecule has 0 spiro atoms. The van der Waals surface area contributed by atoms with Gasteiger partial charge in [-0.2, -0.15) is 0 Å². The molecule has 0 fully saturated rings. The second-order valence-electron chi connectivity index (χ2n) is 8.71. The second-order valence-corrected chi connectivity index (χ2v) is 8.71. The summed E-state index contributed by atoms with van der Waals surface area (Å²) >= 11 is 0. The van der Waals surface area contributed by atoms with Gasteiger partial charge < -0.3 is 9.80 Å². The van der Waals surface area contributed by atoms with Gasteiger partial charge in [0, 0.05) is 34.0 Å². The van der Waals surface area contributed by atoms with E-state index < -0.39 is 0 Å². The molecule has 5 rings (SSSR count). The van der Waals surface area contributed by atoms with Crippen LogP contribution in [0.1, 0.15) is 18.1 Å². The zero-order valence-electron chi connectivity index (χ0n) is 20.8. The van der Waals surface area contributed by atoms with Gasteiger partial charge in [0.05, 0.1) is 5.69 Å². The van der Waals surface area contributed by atoms with Crippen LogP contribution in [0.25, 0.3) is 6.08 Å². The van der Waals surface area contributed by atoms with Crippen LogP contribution >= 0.6 is 0 Å². The number of rotatable bonds is 7. The van der Waals surface area contributed by atoms with Gasteiger partial charge in [0.1, 0.15) is 0 Å². The molecule has 0 heterocycles. The number of para-hydroxylation sites is 4. The monoisotopic (exact) mass is 466 g/mol. The molecular formula is C34H30N2. The maximum absolute atomic E-state index is 2.33. The normalized spacial score (nSPS) is 10.9. The molecule has 0 aliphatic rings. The van der Waals surface area contributed by atoms with Gasteiger partial charge in [0.25, 0.3) is 0 Å². The summed E-state index contributed by atoms with van der Waals surface area (Å²) < 4.78 is 0. The largest absolute Gasteiger partial charge is 0.310 e. The number of hydrogen-bond donors (Lipinski definition) is 0. The molecule has 0 saturated carbocycles. The molecule has 0 radical (unpaired) electrons. The smallest absolute Gasteiger partial charge is 0.0538 e. The summed E-state index contributed by atoms with van der Waals surface area (Å²) in [6, 6.07) is 46.9. The van der Waals surface area contributed by atoms with Gasteiger partial charge in [-0.1, -0.05) is 84.9 Å². The molecule has 0 unspecified atom stereocenters. The van der Waals surface area contributed by atoms with Crippen LogP contribution in [0.2, 0.25) is 0 Å². The van der Waals surface area contributed by atoms with E-state index in [0.717, 1.165) is 39.7 Å². The Balaban J connectivity index is 1.73. The van der Waals surface area contributed by atoms with E-state index in [0.29, 0.717) is 0 Å². The van der Waals surface area contributed by atoms with Crippen LogP contribution < -0.4 is 9.80 Å². The zero-order chi connectivity index (χ0) is 24.7. The van der Waals surface area contributed by atoms with E-state index in [-0.39, 0.29) is 0 Å². The van der Waals surface area contributed by atoms with Crippen molar-refractivity contribution in [3.63, 3.8) is 0 Å². The summed E-state index contributed by atoms with van der Waals surface area (Å²) in [4.78, 5) is 4.67. The molecule has 2 heteroatoms. The molecular weight excluding hydrogens is 436 g/mol. The summed E-state index contributed by atoms with van der Waals surface area (Å²) in [5.41, 5.74) is 9.18. The Kier molecular flexibility index (Phi) is 6.95. The van der Waals surface area contributed by atoms with E-state index in [9.17, 15) is 0 Å². The second kappa shape index (κ2) is 10.8. The van der Waals surface area contributed by atoms with Gasteiger partial charge in [0.15, 0.2) is 0 Å². The fraction of sp³-hybridized carbons (Fsp3) is 0.0588. The number of anilines is 6. The first-order valence-electron chi connectivity index (χ1n) is 12.3. The van der Waals surface area contributed by atoms with Crippen LogP contribution in [0.15, 0.2) is 140 Å². The Labute approximate surface area is 214 Å². The number of allylic oxidation sites excluding steroid dienone is 1. The lowest BCUT2D eigenvalue weighted by atomic mass is 10.0. The lowest BCUT2D eigenvalue weighted by Crippen LogP contribution is -2.15. The van der Waals surface area contributed by atoms with Crippen molar-refractivity contribution in [2.24, 2.45) is 0 Å². The molecule has 36 heavy (non-hydrogen) atoms. The minimum Gasteiger partial charge on any atom is -0.310 e. The third kappa shape index (κ3) is 4.80. The van der Waals surface area contributed by atoms with Gasteiger partial charge in [-0.15, -0.1) is 0 Å². The minimum atomic E-state index is 1.13. The highest BCUT2D eigenvalue weighted by atomic mass is 15.2. The Hall–Kier alpha value is -4.56. The predicted octanol–water partition coefficient (Wildman–Crippen LogP) is 9.97. The van der Waals surface area contributed by atoms with Gasteiger partial charge in [0.2, 0.25) is 0 Å². The van der Waals surface area contributed by atoms with Crippen molar-refractivity contribution in [2.45, 2.75) is 13.8 Å². The van der Waals surface area contributed by atoms with E-state index >= 15 is 0 Å². The van der Waals surface area contributed by atoms with Gasteiger partial charge >= 0.3 is 0 Å². The maximum atomic E-state index is 2.33. The molecule has 0 aliphatic carbocycles. The molecule has 0 aliphatic heterocycles. The van der Waals surface area contributed by atoms with Crippen LogP contribution in [0.5, 0.6) is 0 Å². The molecule has 0 atom stereocenters. The highest BCUT2D eigenvalue weighted by Gasteiger charge is 2.20. The molecule has 0 amide bonds. The van der Waals surface area contributed by atoms with E-state index in [1.165, 1.54) is 5.56 Å². The molecule has 5 aromatic carbocycles. The summed E-state index contributed by atoms with van der Waals surface area (Å²) in [5.74, 6) is 0. The van der Waals surface area contributed by atoms with E-state index in [4.69, 9.17) is 0 Å². The molecule has 0 N–H and O–H groups in total. The highest BCUT2D eigenvalue weighted by molar-refractivity contribution is 5.88. The molecule has 0 saturated heterocycles. The van der Waals surface area contributed by atoms with Crippen molar-refractivity contribution in [2.75, 3.05) is 9.80 Å². The lowest BCUT2D eigenvalue weighted by Gasteiger charge is -2.31. The van der Waals surface area contributed by atoms with Crippen LogP contribution in [0.4, 0.5) is 34.1 Å². The van der Waals surface area contributed by atoms with Gasteiger partial charge in [-0.3, -0.25) is 0 Å². The molecule has 176 valence electrons. The van der Waals surface area contributed by atoms with Crippen LogP contribution in [-0.4, -0.2) is 0 Å². The predicted molar refractivity (Wildman–Crippen MR) is 155 cm³/mol. The van der Waals surface area contributed by atoms with Crippen molar-refractivity contribution in [1.29, 1.82) is 0 Å². The first-order chi connectivity index (χ1) is 17.8. The summed E-state index contributed by atoms with van der Waals surface area (Å²) in [5, 5.41) is 0. The van der Waals surface area contributed by atoms with Crippen molar-refractivity contribution in [3.05, 3.63) is 151 Å². The van der Waals surface area contributed by atoms with Gasteiger partial charge in [-0.05, 0) is 80.1 Å². The van der Waals surface area contributed by atoms with Crippen LogP contribution in [0, 0.1) is 6.92 Å². The number of nitrogens with zero attached hydrogens (tertiary/aromatic N) is 2. The third-order valence-electron chi connectivity index (χ3n) is 6.23. The van der Waals surface area contributed by atoms with Crippen LogP contribution in [0.3, 0.4) is 0 Å². The first kappa shape index (κ1) is 23.2. The molecule has 5 aromatic rings. The SMILES string of the molecule is C/C=C/c1cc(N(c2ccccc2)c2ccccc2)c(C)cc1N(c1ccccc1)c1ccccc1. The number of benzene rings is 5. The van der Waals surface area contributed by atoms with Crippen molar-refractivity contribution < 1.29 is 0 Å². The molecule has 2 nitrogen and oxygen atoms in total. The van der Waals surface area contributed by atoms with E-state index in [1.54, 1.807) is 0 Å². The first-order valence-corrected chi connectivity index (χ1v) is 12.3. The molecule has 0 aromatic heterocycles. The fourth-order valence-corrected chi connectivity index (χ4v) is 4.61. The number of hydrogen-bond acceptors (Lipinski definition) is 2. The standard InChI is InChI=1S/C34H30N2/c1-3-16-28-26-33(35(29-17-8-4-9-18-29)30-19-10-5-11-20-30)27(2)25-34(28)36(31-21-12-6-13-22-31)32-23-14-7-15-24-32/h3-26H,1-2H3/b16-3+. The van der Waals surface area contributed by atoms with Crippen molar-refractivity contribution in [3.8, 4) is 0 Å². The molecule has 0 bridgehead atoms. The Morgan fingerprint density at radius 1 is 0.472 bits per heavy atom. The average Bonchev–Trinajstić information content (AvgIpc) is 2.94. The fourth-order valence-electron chi connectivity index (χ4n) is 4.61. The average molecular weight is 467 g/mol. The summed E-state index contributed by atoms with van der Waals surface area (Å²) in [6.45, 7) is 4.27. The Morgan fingerprint density at radius 3 is 1.19 bits per heavy atom. The Bertz CT molecular complexity index is 1350. The lowest BCUT2D eigenvalue weighted by molar-refractivity contribution is 1.22. The summed E-state index contributed by atoms with van der Waals surface area (Å²) in [6.07, 6.45) is 4.31. The summed E-state index contributed by atoms with van der Waals surface area (Å²) in [7, 11) is 0. The van der Waals surface area contributed by atoms with E-state index in [2.05, 4.69) is 169 Å². The third-order valence-corrected chi connectivity index (χ3v) is 6.23. The topological polar surface area (TPSA) is 6.48 Å². The quantitative estimate of drug-likeness (QED) is 0.235. The minimum absolute atomic E-state index is 1.13. The maximum Gasteiger partial charge on any atom is 0.0538 e. The highest BCUT2D eigenvalue weighted by Crippen LogP contribution is 2.43. The van der Waals surface area contributed by atoms with E-state index in [1.807, 2.05) is 0 Å². The van der Waals surface area contributed by atoms with Crippen molar-refractivity contribution >= 4 is 40.2 Å². The number of aryl methyl sites for hydroxylation is 1. The van der Waals surface area contributed by atoms with Crippen molar-refractivity contribution in [1.82, 2.24) is 0 Å². The zero-order valence-corrected chi connectivity index (χ0v) is 20.8.